The lowest BCUT2D eigenvalue weighted by molar-refractivity contribution is 0.144. The fraction of sp³-hybridized carbons (Fsp3) is 1.00. The van der Waals surface area contributed by atoms with Gasteiger partial charge < -0.3 is 10.2 Å². The fourth-order valence-electron chi connectivity index (χ4n) is 5.13. The van der Waals surface area contributed by atoms with E-state index in [-0.39, 0.29) is 0 Å². The van der Waals surface area contributed by atoms with Crippen molar-refractivity contribution in [2.75, 3.05) is 26.2 Å². The van der Waals surface area contributed by atoms with Crippen LogP contribution in [-0.2, 0) is 0 Å². The summed E-state index contributed by atoms with van der Waals surface area (Å²) in [7, 11) is 0. The highest BCUT2D eigenvalue weighted by Gasteiger charge is 2.32. The van der Waals surface area contributed by atoms with Crippen LogP contribution >= 0.6 is 0 Å². The van der Waals surface area contributed by atoms with Crippen LogP contribution in [0.1, 0.15) is 77.0 Å². The molecule has 3 aliphatic rings. The van der Waals surface area contributed by atoms with Crippen molar-refractivity contribution in [1.29, 1.82) is 0 Å². The van der Waals surface area contributed by atoms with Crippen molar-refractivity contribution in [1.82, 2.24) is 10.2 Å². The van der Waals surface area contributed by atoms with E-state index in [0.717, 1.165) is 17.9 Å². The van der Waals surface area contributed by atoms with Crippen molar-refractivity contribution >= 4 is 0 Å². The molecule has 0 aromatic heterocycles. The molecule has 2 nitrogen and oxygen atoms in total. The molecule has 0 radical (unpaired) electrons. The van der Waals surface area contributed by atoms with E-state index in [1.54, 1.807) is 0 Å². The third-order valence-corrected chi connectivity index (χ3v) is 6.36. The lowest BCUT2D eigenvalue weighted by Crippen LogP contribution is -2.45. The Morgan fingerprint density at radius 1 is 0.714 bits per heavy atom. The quantitative estimate of drug-likeness (QED) is 0.817. The van der Waals surface area contributed by atoms with E-state index in [1.165, 1.54) is 103 Å². The Bertz CT molecular complexity index is 279. The standard InChI is InChI=1S/C19H36N2/c1-3-9-17(10-4-1)18-11-5-6-12-19(18)20-13-16-21-14-7-2-8-15-21/h17-20H,1-16H2. The van der Waals surface area contributed by atoms with Gasteiger partial charge >= 0.3 is 0 Å². The molecule has 21 heavy (non-hydrogen) atoms. The summed E-state index contributed by atoms with van der Waals surface area (Å²) in [5.74, 6) is 2.05. The van der Waals surface area contributed by atoms with Crippen molar-refractivity contribution in [2.24, 2.45) is 11.8 Å². The van der Waals surface area contributed by atoms with Gasteiger partial charge in [-0.25, -0.2) is 0 Å². The molecule has 0 aromatic rings. The SMILES string of the molecule is C1CCC(C2CCCCC2NCCN2CCCCC2)CC1. The number of piperidine rings is 1. The molecule has 122 valence electrons. The van der Waals surface area contributed by atoms with Crippen LogP contribution in [0.25, 0.3) is 0 Å². The molecule has 1 heterocycles. The summed E-state index contributed by atoms with van der Waals surface area (Å²) < 4.78 is 0. The average molecular weight is 293 g/mol. The molecule has 2 unspecified atom stereocenters. The highest BCUT2D eigenvalue weighted by Crippen LogP contribution is 2.38. The summed E-state index contributed by atoms with van der Waals surface area (Å²) in [6, 6.07) is 0.839. The molecule has 3 fully saturated rings. The summed E-state index contributed by atoms with van der Waals surface area (Å²) in [6.07, 6.45) is 17.8. The van der Waals surface area contributed by atoms with Gasteiger partial charge in [0.15, 0.2) is 0 Å². The maximum absolute atomic E-state index is 3.97. The predicted molar refractivity (Wildman–Crippen MR) is 90.6 cm³/mol. The molecule has 2 saturated carbocycles. The highest BCUT2D eigenvalue weighted by molar-refractivity contribution is 4.87. The highest BCUT2D eigenvalue weighted by atomic mass is 15.1. The minimum atomic E-state index is 0.839. The number of hydrogen-bond donors (Lipinski definition) is 1. The molecule has 1 aliphatic heterocycles. The van der Waals surface area contributed by atoms with E-state index in [4.69, 9.17) is 0 Å². The van der Waals surface area contributed by atoms with E-state index in [9.17, 15) is 0 Å². The Hall–Kier alpha value is -0.0800. The van der Waals surface area contributed by atoms with Crippen LogP contribution in [0.2, 0.25) is 0 Å². The van der Waals surface area contributed by atoms with Crippen LogP contribution < -0.4 is 5.32 Å². The molecule has 0 amide bonds. The second-order valence-corrected chi connectivity index (χ2v) is 7.81. The maximum atomic E-state index is 3.97. The Morgan fingerprint density at radius 3 is 2.19 bits per heavy atom. The Labute approximate surface area is 132 Å². The Balaban J connectivity index is 1.42. The largest absolute Gasteiger partial charge is 0.312 e. The molecule has 0 spiro atoms. The number of rotatable bonds is 5. The summed E-state index contributed by atoms with van der Waals surface area (Å²) in [5, 5.41) is 3.97. The molecule has 1 N–H and O–H groups in total. The van der Waals surface area contributed by atoms with Gasteiger partial charge in [0.1, 0.15) is 0 Å². The molecule has 2 heteroatoms. The lowest BCUT2D eigenvalue weighted by Gasteiger charge is -2.40. The monoisotopic (exact) mass is 292 g/mol. The van der Waals surface area contributed by atoms with Gasteiger partial charge in [-0.2, -0.15) is 0 Å². The van der Waals surface area contributed by atoms with Gasteiger partial charge in [0.2, 0.25) is 0 Å². The van der Waals surface area contributed by atoms with Crippen LogP contribution in [-0.4, -0.2) is 37.1 Å². The van der Waals surface area contributed by atoms with E-state index in [0.29, 0.717) is 0 Å². The van der Waals surface area contributed by atoms with Gasteiger partial charge in [0, 0.05) is 19.1 Å². The molecule has 1 saturated heterocycles. The van der Waals surface area contributed by atoms with Crippen molar-refractivity contribution in [2.45, 2.75) is 83.1 Å². The van der Waals surface area contributed by atoms with Crippen molar-refractivity contribution in [3.8, 4) is 0 Å². The molecule has 0 bridgehead atoms. The number of nitrogens with one attached hydrogen (secondary N) is 1. The van der Waals surface area contributed by atoms with Crippen LogP contribution in [0, 0.1) is 11.8 Å². The van der Waals surface area contributed by atoms with Crippen molar-refractivity contribution in [3.05, 3.63) is 0 Å². The van der Waals surface area contributed by atoms with Crippen LogP contribution in [0.5, 0.6) is 0 Å². The van der Waals surface area contributed by atoms with Crippen molar-refractivity contribution < 1.29 is 0 Å². The average Bonchev–Trinajstić information content (AvgIpc) is 2.57. The predicted octanol–water partition coefficient (Wildman–Crippen LogP) is 4.20. The zero-order valence-electron chi connectivity index (χ0n) is 14.0. The summed E-state index contributed by atoms with van der Waals surface area (Å²) in [6.45, 7) is 5.21. The van der Waals surface area contributed by atoms with Crippen LogP contribution in [0.4, 0.5) is 0 Å². The zero-order valence-corrected chi connectivity index (χ0v) is 14.0. The van der Waals surface area contributed by atoms with E-state index in [2.05, 4.69) is 10.2 Å². The third-order valence-electron chi connectivity index (χ3n) is 6.36. The second kappa shape index (κ2) is 8.53. The van der Waals surface area contributed by atoms with Gasteiger partial charge in [0.25, 0.3) is 0 Å². The van der Waals surface area contributed by atoms with E-state index in [1.807, 2.05) is 0 Å². The maximum Gasteiger partial charge on any atom is 0.0107 e. The minimum absolute atomic E-state index is 0.839. The first-order valence-electron chi connectivity index (χ1n) is 9.89. The number of hydrogen-bond acceptors (Lipinski definition) is 2. The topological polar surface area (TPSA) is 15.3 Å². The molecule has 0 aromatic carbocycles. The fourth-order valence-corrected chi connectivity index (χ4v) is 5.13. The second-order valence-electron chi connectivity index (χ2n) is 7.81. The molecule has 2 atom stereocenters. The van der Waals surface area contributed by atoms with Gasteiger partial charge in [0.05, 0.1) is 0 Å². The van der Waals surface area contributed by atoms with Gasteiger partial charge in [-0.1, -0.05) is 51.4 Å². The minimum Gasteiger partial charge on any atom is -0.312 e. The first kappa shape index (κ1) is 15.8. The molecule has 2 aliphatic carbocycles. The molecular formula is C19H36N2. The first-order chi connectivity index (χ1) is 10.4. The molecule has 3 rings (SSSR count). The van der Waals surface area contributed by atoms with Gasteiger partial charge in [-0.3, -0.25) is 0 Å². The van der Waals surface area contributed by atoms with E-state index >= 15 is 0 Å². The lowest BCUT2D eigenvalue weighted by atomic mass is 9.71. The van der Waals surface area contributed by atoms with Gasteiger partial charge in [-0.05, 0) is 50.6 Å². The summed E-state index contributed by atoms with van der Waals surface area (Å²) >= 11 is 0. The number of likely N-dealkylation sites (tertiary alicyclic amines) is 1. The molecular weight excluding hydrogens is 256 g/mol. The Morgan fingerprint density at radius 2 is 1.38 bits per heavy atom. The zero-order chi connectivity index (χ0) is 14.3. The smallest absolute Gasteiger partial charge is 0.0107 e. The normalized spacial score (nSPS) is 33.1. The van der Waals surface area contributed by atoms with Crippen LogP contribution in [0.15, 0.2) is 0 Å². The number of nitrogens with zero attached hydrogens (tertiary/aromatic N) is 1. The van der Waals surface area contributed by atoms with Gasteiger partial charge in [-0.15, -0.1) is 0 Å². The summed E-state index contributed by atoms with van der Waals surface area (Å²) in [4.78, 5) is 2.68. The Kier molecular flexibility index (Phi) is 6.42. The summed E-state index contributed by atoms with van der Waals surface area (Å²) in [5.41, 5.74) is 0. The van der Waals surface area contributed by atoms with Crippen molar-refractivity contribution in [3.63, 3.8) is 0 Å². The first-order valence-corrected chi connectivity index (χ1v) is 9.89. The van der Waals surface area contributed by atoms with Crippen LogP contribution in [0.3, 0.4) is 0 Å². The third kappa shape index (κ3) is 4.69. The van der Waals surface area contributed by atoms with E-state index < -0.39 is 0 Å².